The number of nitrogens with zero attached hydrogens (tertiary/aromatic N) is 3. The summed E-state index contributed by atoms with van der Waals surface area (Å²) in [6, 6.07) is 5.46. The van der Waals surface area contributed by atoms with Crippen LogP contribution in [0.4, 0.5) is 10.5 Å². The summed E-state index contributed by atoms with van der Waals surface area (Å²) < 4.78 is 0. The van der Waals surface area contributed by atoms with Crippen LogP contribution in [-0.2, 0) is 0 Å². The largest absolute Gasteiger partial charge is 0.337 e. The molecule has 25 heavy (non-hydrogen) atoms. The number of carbonyl (C=O) groups excluding carboxylic acids is 2. The minimum absolute atomic E-state index is 0.0436. The molecule has 2 aromatic heterocycles. The second-order valence-corrected chi connectivity index (χ2v) is 6.94. The van der Waals surface area contributed by atoms with Gasteiger partial charge in [0.1, 0.15) is 0 Å². The van der Waals surface area contributed by atoms with Crippen LogP contribution in [0.25, 0.3) is 0 Å². The highest BCUT2D eigenvalue weighted by Crippen LogP contribution is 2.15. The average molecular weight is 358 g/mol. The molecule has 0 atom stereocenters. The van der Waals surface area contributed by atoms with Crippen LogP contribution in [0.15, 0.2) is 29.0 Å². The van der Waals surface area contributed by atoms with E-state index in [0.29, 0.717) is 26.2 Å². The van der Waals surface area contributed by atoms with Gasteiger partial charge in [0.15, 0.2) is 0 Å². The lowest BCUT2D eigenvalue weighted by atomic mass is 10.3. The summed E-state index contributed by atoms with van der Waals surface area (Å²) in [6.07, 6.45) is 0.772. The van der Waals surface area contributed by atoms with Gasteiger partial charge in [0.05, 0.1) is 16.9 Å². The molecule has 3 heterocycles. The predicted molar refractivity (Wildman–Crippen MR) is 99.1 cm³/mol. The lowest BCUT2D eigenvalue weighted by Gasteiger charge is -2.22. The number of nitrogens with one attached hydrogen (secondary N) is 1. The van der Waals surface area contributed by atoms with Gasteiger partial charge in [-0.1, -0.05) is 0 Å². The number of carbonyl (C=O) groups is 2. The molecule has 132 valence electrons. The molecule has 0 radical (unpaired) electrons. The van der Waals surface area contributed by atoms with Crippen molar-refractivity contribution in [1.82, 2.24) is 14.8 Å². The van der Waals surface area contributed by atoms with Crippen molar-refractivity contribution in [3.63, 3.8) is 0 Å². The molecule has 0 saturated carbocycles. The Labute approximate surface area is 151 Å². The summed E-state index contributed by atoms with van der Waals surface area (Å²) in [7, 11) is 0. The van der Waals surface area contributed by atoms with Gasteiger partial charge < -0.3 is 15.1 Å². The first-order chi connectivity index (χ1) is 12.0. The minimum Gasteiger partial charge on any atom is -0.337 e. The van der Waals surface area contributed by atoms with Crippen molar-refractivity contribution in [3.8, 4) is 0 Å². The number of thiophene rings is 1. The van der Waals surface area contributed by atoms with Crippen molar-refractivity contribution in [3.05, 3.63) is 45.9 Å². The van der Waals surface area contributed by atoms with Gasteiger partial charge in [-0.3, -0.25) is 9.78 Å². The topological polar surface area (TPSA) is 65.5 Å². The van der Waals surface area contributed by atoms with E-state index < -0.39 is 0 Å². The summed E-state index contributed by atoms with van der Waals surface area (Å²) in [6.45, 7) is 6.19. The first-order valence-electron chi connectivity index (χ1n) is 8.36. The molecule has 0 aromatic carbocycles. The molecule has 1 fully saturated rings. The second-order valence-electron chi connectivity index (χ2n) is 6.16. The Bertz CT molecular complexity index is 760. The van der Waals surface area contributed by atoms with Gasteiger partial charge in [-0.2, -0.15) is 11.3 Å². The summed E-state index contributed by atoms with van der Waals surface area (Å²) in [5.41, 5.74) is 3.18. The average Bonchev–Trinajstić information content (AvgIpc) is 3.01. The highest BCUT2D eigenvalue weighted by Gasteiger charge is 2.23. The molecular weight excluding hydrogens is 336 g/mol. The zero-order chi connectivity index (χ0) is 17.8. The smallest absolute Gasteiger partial charge is 0.321 e. The number of hydrogen-bond donors (Lipinski definition) is 1. The first-order valence-corrected chi connectivity index (χ1v) is 9.30. The van der Waals surface area contributed by atoms with E-state index in [1.807, 2.05) is 47.7 Å². The molecule has 0 unspecified atom stereocenters. The Balaban J connectivity index is 1.60. The molecule has 7 heteroatoms. The lowest BCUT2D eigenvalue weighted by Crippen LogP contribution is -2.39. The number of urea groups is 1. The van der Waals surface area contributed by atoms with E-state index in [0.717, 1.165) is 29.1 Å². The summed E-state index contributed by atoms with van der Waals surface area (Å²) >= 11 is 1.52. The molecule has 1 N–H and O–H groups in total. The standard InChI is InChI=1S/C18H22N4O2S/c1-13-4-5-16(14(2)19-13)20-18(24)22-8-3-7-21(9-10-22)17(23)15-6-11-25-12-15/h4-6,11-12H,3,7-10H2,1-2H3,(H,20,24). The van der Waals surface area contributed by atoms with E-state index in [1.54, 1.807) is 4.90 Å². The molecule has 0 aliphatic carbocycles. The Hall–Kier alpha value is -2.41. The molecule has 3 amide bonds. The SMILES string of the molecule is Cc1ccc(NC(=O)N2CCCN(C(=O)c3ccsc3)CC2)c(C)n1. The van der Waals surface area contributed by atoms with E-state index in [4.69, 9.17) is 0 Å². The van der Waals surface area contributed by atoms with E-state index >= 15 is 0 Å². The van der Waals surface area contributed by atoms with Gasteiger partial charge in [-0.05, 0) is 43.8 Å². The van der Waals surface area contributed by atoms with Crippen molar-refractivity contribution in [2.75, 3.05) is 31.5 Å². The molecule has 3 rings (SSSR count). The van der Waals surface area contributed by atoms with Gasteiger partial charge >= 0.3 is 6.03 Å². The fourth-order valence-corrected chi connectivity index (χ4v) is 3.54. The molecule has 2 aromatic rings. The third-order valence-electron chi connectivity index (χ3n) is 4.31. The maximum absolute atomic E-state index is 12.5. The monoisotopic (exact) mass is 358 g/mol. The Kier molecular flexibility index (Phi) is 5.33. The summed E-state index contributed by atoms with van der Waals surface area (Å²) in [5, 5.41) is 6.70. The molecule has 0 bridgehead atoms. The number of anilines is 1. The number of pyridine rings is 1. The van der Waals surface area contributed by atoms with E-state index in [-0.39, 0.29) is 11.9 Å². The van der Waals surface area contributed by atoms with Gasteiger partial charge in [0.25, 0.3) is 5.91 Å². The van der Waals surface area contributed by atoms with Crippen LogP contribution in [0, 0.1) is 13.8 Å². The Morgan fingerprint density at radius 3 is 2.56 bits per heavy atom. The van der Waals surface area contributed by atoms with E-state index in [9.17, 15) is 9.59 Å². The van der Waals surface area contributed by atoms with Crippen LogP contribution in [0.1, 0.15) is 28.2 Å². The Morgan fingerprint density at radius 2 is 1.84 bits per heavy atom. The number of rotatable bonds is 2. The minimum atomic E-state index is -0.140. The summed E-state index contributed by atoms with van der Waals surface area (Å²) in [4.78, 5) is 33.0. The lowest BCUT2D eigenvalue weighted by molar-refractivity contribution is 0.0763. The third-order valence-corrected chi connectivity index (χ3v) is 4.99. The quantitative estimate of drug-likeness (QED) is 0.897. The number of amides is 3. The summed E-state index contributed by atoms with van der Waals surface area (Å²) in [5.74, 6) is 0.0436. The zero-order valence-electron chi connectivity index (χ0n) is 14.5. The van der Waals surface area contributed by atoms with Crippen LogP contribution in [-0.4, -0.2) is 52.9 Å². The van der Waals surface area contributed by atoms with Crippen molar-refractivity contribution in [2.45, 2.75) is 20.3 Å². The van der Waals surface area contributed by atoms with Crippen molar-refractivity contribution >= 4 is 29.0 Å². The Morgan fingerprint density at radius 1 is 1.08 bits per heavy atom. The number of aromatic nitrogens is 1. The molecular formula is C18H22N4O2S. The maximum Gasteiger partial charge on any atom is 0.321 e. The van der Waals surface area contributed by atoms with Crippen molar-refractivity contribution < 1.29 is 9.59 Å². The zero-order valence-corrected chi connectivity index (χ0v) is 15.3. The molecule has 1 saturated heterocycles. The van der Waals surface area contributed by atoms with Gasteiger partial charge in [-0.15, -0.1) is 0 Å². The highest BCUT2D eigenvalue weighted by molar-refractivity contribution is 7.08. The fourth-order valence-electron chi connectivity index (χ4n) is 2.91. The first kappa shape index (κ1) is 17.4. The molecule has 1 aliphatic heterocycles. The van der Waals surface area contributed by atoms with Crippen molar-refractivity contribution in [1.29, 1.82) is 0 Å². The van der Waals surface area contributed by atoms with Crippen LogP contribution >= 0.6 is 11.3 Å². The molecule has 1 aliphatic rings. The fraction of sp³-hybridized carbons (Fsp3) is 0.389. The maximum atomic E-state index is 12.5. The van der Waals surface area contributed by atoms with Crippen LogP contribution in [0.2, 0.25) is 0 Å². The predicted octanol–water partition coefficient (Wildman–Crippen LogP) is 3.14. The van der Waals surface area contributed by atoms with Crippen LogP contribution in [0.5, 0.6) is 0 Å². The van der Waals surface area contributed by atoms with E-state index in [2.05, 4.69) is 10.3 Å². The number of hydrogen-bond acceptors (Lipinski definition) is 4. The van der Waals surface area contributed by atoms with Gasteiger partial charge in [0, 0.05) is 37.3 Å². The third kappa shape index (κ3) is 4.17. The van der Waals surface area contributed by atoms with E-state index in [1.165, 1.54) is 11.3 Å². The van der Waals surface area contributed by atoms with Gasteiger partial charge in [0.2, 0.25) is 0 Å². The molecule has 0 spiro atoms. The second kappa shape index (κ2) is 7.65. The van der Waals surface area contributed by atoms with Crippen LogP contribution in [0.3, 0.4) is 0 Å². The molecule has 6 nitrogen and oxygen atoms in total. The number of aryl methyl sites for hydroxylation is 2. The van der Waals surface area contributed by atoms with Crippen LogP contribution < -0.4 is 5.32 Å². The van der Waals surface area contributed by atoms with Crippen molar-refractivity contribution in [2.24, 2.45) is 0 Å². The highest BCUT2D eigenvalue weighted by atomic mass is 32.1. The normalized spacial score (nSPS) is 15.0. The van der Waals surface area contributed by atoms with Gasteiger partial charge in [-0.25, -0.2) is 4.79 Å².